The predicted octanol–water partition coefficient (Wildman–Crippen LogP) is 3.76. The Morgan fingerprint density at radius 2 is 1.89 bits per heavy atom. The number of aliphatic hydroxyl groups is 1. The van der Waals surface area contributed by atoms with Crippen molar-refractivity contribution in [3.05, 3.63) is 35.4 Å². The standard InChI is InChI=1S/C13H16F2OS2/c1-12(16,13(2)17-6-3-7-18-13)10-5-4-9(14)8-11(10)15/h4-5,8,16H,3,6-7H2,1-2H3. The van der Waals surface area contributed by atoms with Crippen molar-refractivity contribution in [2.24, 2.45) is 0 Å². The van der Waals surface area contributed by atoms with Gasteiger partial charge in [0.05, 0.1) is 4.08 Å². The highest BCUT2D eigenvalue weighted by Gasteiger charge is 2.47. The first-order valence-corrected chi connectivity index (χ1v) is 7.80. The third-order valence-electron chi connectivity index (χ3n) is 3.38. The molecule has 0 radical (unpaired) electrons. The van der Waals surface area contributed by atoms with Gasteiger partial charge in [0.25, 0.3) is 0 Å². The Morgan fingerprint density at radius 3 is 2.44 bits per heavy atom. The van der Waals surface area contributed by atoms with Gasteiger partial charge in [0.2, 0.25) is 0 Å². The molecule has 0 aromatic heterocycles. The number of hydrogen-bond donors (Lipinski definition) is 1. The molecule has 100 valence electrons. The molecule has 1 unspecified atom stereocenters. The van der Waals surface area contributed by atoms with Crippen LogP contribution in [0.25, 0.3) is 0 Å². The van der Waals surface area contributed by atoms with Crippen molar-refractivity contribution < 1.29 is 13.9 Å². The molecule has 1 atom stereocenters. The van der Waals surface area contributed by atoms with E-state index < -0.39 is 21.3 Å². The Hall–Kier alpha value is -0.260. The largest absolute Gasteiger partial charge is 0.383 e. The number of halogens is 2. The Kier molecular flexibility index (Phi) is 3.95. The lowest BCUT2D eigenvalue weighted by Gasteiger charge is -2.44. The van der Waals surface area contributed by atoms with Crippen LogP contribution in [0.15, 0.2) is 18.2 Å². The molecule has 0 saturated carbocycles. The molecule has 0 amide bonds. The van der Waals surface area contributed by atoms with Crippen LogP contribution >= 0.6 is 23.5 Å². The predicted molar refractivity (Wildman–Crippen MR) is 73.9 cm³/mol. The van der Waals surface area contributed by atoms with Crippen LogP contribution < -0.4 is 0 Å². The van der Waals surface area contributed by atoms with Gasteiger partial charge in [0.15, 0.2) is 0 Å². The summed E-state index contributed by atoms with van der Waals surface area (Å²) in [4.78, 5) is 0. The summed E-state index contributed by atoms with van der Waals surface area (Å²) in [5.74, 6) is 0.583. The van der Waals surface area contributed by atoms with Crippen LogP contribution in [0.1, 0.15) is 25.8 Å². The van der Waals surface area contributed by atoms with Crippen molar-refractivity contribution in [2.75, 3.05) is 11.5 Å². The molecule has 1 fully saturated rings. The highest BCUT2D eigenvalue weighted by Crippen LogP contribution is 2.53. The van der Waals surface area contributed by atoms with Gasteiger partial charge < -0.3 is 5.11 Å². The lowest BCUT2D eigenvalue weighted by Crippen LogP contribution is -2.44. The van der Waals surface area contributed by atoms with Crippen molar-refractivity contribution in [2.45, 2.75) is 29.9 Å². The molecule has 1 nitrogen and oxygen atoms in total. The summed E-state index contributed by atoms with van der Waals surface area (Å²) in [6, 6.07) is 3.35. The van der Waals surface area contributed by atoms with Gasteiger partial charge in [-0.3, -0.25) is 0 Å². The van der Waals surface area contributed by atoms with Gasteiger partial charge >= 0.3 is 0 Å². The average Bonchev–Trinajstić information content (AvgIpc) is 2.29. The van der Waals surface area contributed by atoms with Crippen molar-refractivity contribution in [1.82, 2.24) is 0 Å². The SMILES string of the molecule is CC1(C(C)(O)c2ccc(F)cc2F)SCCCS1. The molecule has 0 bridgehead atoms. The fourth-order valence-electron chi connectivity index (χ4n) is 2.04. The first kappa shape index (κ1) is 14.2. The zero-order valence-corrected chi connectivity index (χ0v) is 12.0. The van der Waals surface area contributed by atoms with Crippen molar-refractivity contribution in [3.8, 4) is 0 Å². The molecule has 1 aromatic carbocycles. The summed E-state index contributed by atoms with van der Waals surface area (Å²) in [6.07, 6.45) is 1.09. The van der Waals surface area contributed by atoms with Crippen molar-refractivity contribution >= 4 is 23.5 Å². The van der Waals surface area contributed by atoms with Gasteiger partial charge in [-0.25, -0.2) is 8.78 Å². The van der Waals surface area contributed by atoms with Gasteiger partial charge in [-0.15, -0.1) is 23.5 Å². The summed E-state index contributed by atoms with van der Waals surface area (Å²) >= 11 is 3.27. The topological polar surface area (TPSA) is 20.2 Å². The van der Waals surface area contributed by atoms with Crippen LogP contribution in [0.5, 0.6) is 0 Å². The van der Waals surface area contributed by atoms with Crippen LogP contribution in [0.4, 0.5) is 8.78 Å². The minimum Gasteiger partial charge on any atom is -0.383 e. The lowest BCUT2D eigenvalue weighted by atomic mass is 9.92. The number of thioether (sulfide) groups is 2. The van der Waals surface area contributed by atoms with E-state index >= 15 is 0 Å². The van der Waals surface area contributed by atoms with E-state index in [4.69, 9.17) is 0 Å². The molecule has 18 heavy (non-hydrogen) atoms. The maximum Gasteiger partial charge on any atom is 0.132 e. The zero-order valence-electron chi connectivity index (χ0n) is 10.4. The fourth-order valence-corrected chi connectivity index (χ4v) is 5.20. The Balaban J connectivity index is 2.40. The van der Waals surface area contributed by atoms with Crippen LogP contribution in [0, 0.1) is 11.6 Å². The van der Waals surface area contributed by atoms with E-state index in [2.05, 4.69) is 0 Å². The summed E-state index contributed by atoms with van der Waals surface area (Å²) in [7, 11) is 0. The van der Waals surface area contributed by atoms with E-state index in [1.54, 1.807) is 30.4 Å². The van der Waals surface area contributed by atoms with E-state index in [9.17, 15) is 13.9 Å². The second kappa shape index (κ2) is 5.02. The molecule has 1 aliphatic heterocycles. The Bertz CT molecular complexity index is 443. The summed E-state index contributed by atoms with van der Waals surface area (Å²) in [5.41, 5.74) is -1.17. The molecule has 1 aliphatic rings. The quantitative estimate of drug-likeness (QED) is 0.895. The molecule has 1 N–H and O–H groups in total. The third-order valence-corrected chi connectivity index (χ3v) is 6.97. The highest BCUT2D eigenvalue weighted by molar-refractivity contribution is 8.18. The lowest BCUT2D eigenvalue weighted by molar-refractivity contribution is 0.0449. The van der Waals surface area contributed by atoms with E-state index in [0.717, 1.165) is 24.0 Å². The summed E-state index contributed by atoms with van der Waals surface area (Å²) in [6.45, 7) is 3.53. The highest BCUT2D eigenvalue weighted by atomic mass is 32.2. The number of hydrogen-bond acceptors (Lipinski definition) is 3. The molecule has 2 rings (SSSR count). The van der Waals surface area contributed by atoms with E-state index in [-0.39, 0.29) is 5.56 Å². The number of rotatable bonds is 2. The average molecular weight is 290 g/mol. The first-order valence-electron chi connectivity index (χ1n) is 5.83. The summed E-state index contributed by atoms with van der Waals surface area (Å²) in [5, 5.41) is 10.7. The smallest absolute Gasteiger partial charge is 0.132 e. The molecule has 1 heterocycles. The van der Waals surface area contributed by atoms with Gasteiger partial charge in [0.1, 0.15) is 17.2 Å². The van der Waals surface area contributed by atoms with Crippen LogP contribution in [-0.2, 0) is 5.60 Å². The molecule has 5 heteroatoms. The zero-order chi connectivity index (χ0) is 13.4. The van der Waals surface area contributed by atoms with Gasteiger partial charge in [-0.05, 0) is 37.8 Å². The molecule has 0 aliphatic carbocycles. The molecular weight excluding hydrogens is 274 g/mol. The second-order valence-corrected chi connectivity index (χ2v) is 7.98. The first-order chi connectivity index (χ1) is 8.37. The maximum absolute atomic E-state index is 13.9. The Morgan fingerprint density at radius 1 is 1.28 bits per heavy atom. The maximum atomic E-state index is 13.9. The monoisotopic (exact) mass is 290 g/mol. The van der Waals surface area contributed by atoms with E-state index in [1.165, 1.54) is 12.1 Å². The fraction of sp³-hybridized carbons (Fsp3) is 0.538. The number of benzene rings is 1. The van der Waals surface area contributed by atoms with Crippen LogP contribution in [-0.4, -0.2) is 20.7 Å². The normalized spacial score (nSPS) is 22.5. The van der Waals surface area contributed by atoms with E-state index in [1.807, 2.05) is 6.92 Å². The molecule has 1 saturated heterocycles. The minimum atomic E-state index is -1.33. The summed E-state index contributed by atoms with van der Waals surface area (Å²) < 4.78 is 26.3. The van der Waals surface area contributed by atoms with Gasteiger partial charge in [0, 0.05) is 11.6 Å². The van der Waals surface area contributed by atoms with Crippen LogP contribution in [0.2, 0.25) is 0 Å². The van der Waals surface area contributed by atoms with Crippen molar-refractivity contribution in [1.29, 1.82) is 0 Å². The van der Waals surface area contributed by atoms with Crippen molar-refractivity contribution in [3.63, 3.8) is 0 Å². The Labute approximate surface area is 114 Å². The van der Waals surface area contributed by atoms with E-state index in [0.29, 0.717) is 0 Å². The van der Waals surface area contributed by atoms with Gasteiger partial charge in [-0.1, -0.05) is 6.07 Å². The molecule has 0 spiro atoms. The minimum absolute atomic E-state index is 0.160. The van der Waals surface area contributed by atoms with Gasteiger partial charge in [-0.2, -0.15) is 0 Å². The molecular formula is C13H16F2OS2. The molecule has 1 aromatic rings. The second-order valence-electron chi connectivity index (χ2n) is 4.69. The van der Waals surface area contributed by atoms with Crippen LogP contribution in [0.3, 0.4) is 0 Å². The third kappa shape index (κ3) is 2.40.